The number of nitrogens with zero attached hydrogens (tertiary/aromatic N) is 3. The fourth-order valence-electron chi connectivity index (χ4n) is 9.74. The minimum absolute atomic E-state index is 0.00495. The number of morpholine rings is 1. The molecule has 2 aromatic heterocycles. The topological polar surface area (TPSA) is 192 Å². The Hall–Kier alpha value is -4.45. The molecule has 5 fully saturated rings. The Labute approximate surface area is 383 Å². The number of ether oxygens (including phenoxy) is 5. The van der Waals surface area contributed by atoms with Crippen LogP contribution in [-0.4, -0.2) is 121 Å². The number of hydrogen-bond donors (Lipinski definition) is 4. The van der Waals surface area contributed by atoms with Gasteiger partial charge in [-0.1, -0.05) is 52.6 Å². The highest BCUT2D eigenvalue weighted by molar-refractivity contribution is 7.14. The number of likely N-dealkylation sites (tertiary alicyclic amines) is 1. The molecule has 0 spiro atoms. The molecule has 64 heavy (non-hydrogen) atoms. The summed E-state index contributed by atoms with van der Waals surface area (Å²) in [6.07, 6.45) is 2.31. The van der Waals surface area contributed by atoms with Crippen molar-refractivity contribution in [2.45, 2.75) is 129 Å². The first-order valence-corrected chi connectivity index (χ1v) is 23.8. The smallest absolute Gasteiger partial charge is 0.408 e. The number of pyridine rings is 1. The summed E-state index contributed by atoms with van der Waals surface area (Å²) < 4.78 is 29.7. The monoisotopic (exact) mass is 923 g/mol. The van der Waals surface area contributed by atoms with Gasteiger partial charge in [0.05, 0.1) is 44.1 Å². The van der Waals surface area contributed by atoms with E-state index in [1.54, 1.807) is 12.1 Å². The van der Waals surface area contributed by atoms with Gasteiger partial charge in [0.15, 0.2) is 5.13 Å². The Balaban J connectivity index is 1.10. The van der Waals surface area contributed by atoms with Crippen molar-refractivity contribution >= 4 is 62.8 Å². The highest BCUT2D eigenvalue weighted by Crippen LogP contribution is 2.63. The van der Waals surface area contributed by atoms with E-state index in [2.05, 4.69) is 28.2 Å². The van der Waals surface area contributed by atoms with E-state index in [1.807, 2.05) is 53.0 Å². The SMILES string of the molecule is CC[C@@H]1C[C@]1(NC(=O)[C@@H]1C[C@@H](Oc2cc(-c3csc(NC(C)C)n3)nc3c(Cl)c(OC[C@@H]4COCCN4)ccc23)CN1C(=O)[C@@H](NC(=O)O[C@@H]1C[C@@H]2CC2(C)C1)C(C)(C)C)C(=O)OC. The summed E-state index contributed by atoms with van der Waals surface area (Å²) >= 11 is 8.56. The van der Waals surface area contributed by atoms with Crippen LogP contribution in [0.25, 0.3) is 22.3 Å². The third-order valence-corrected chi connectivity index (χ3v) is 14.7. The van der Waals surface area contributed by atoms with Crippen LogP contribution in [0.3, 0.4) is 0 Å². The number of methoxy groups -OCH3 is 1. The van der Waals surface area contributed by atoms with Crippen molar-refractivity contribution in [3.63, 3.8) is 0 Å². The zero-order chi connectivity index (χ0) is 45.7. The molecule has 2 saturated heterocycles. The maximum absolute atomic E-state index is 14.9. The highest BCUT2D eigenvalue weighted by Gasteiger charge is 2.62. The Bertz CT molecular complexity index is 2260. The lowest BCUT2D eigenvalue weighted by Crippen LogP contribution is -2.59. The lowest BCUT2D eigenvalue weighted by atomic mass is 9.85. The van der Waals surface area contributed by atoms with E-state index in [4.69, 9.17) is 45.3 Å². The number of aromatic nitrogens is 2. The van der Waals surface area contributed by atoms with E-state index in [0.29, 0.717) is 72.4 Å². The molecular formula is C46H62ClN7O9S. The van der Waals surface area contributed by atoms with Gasteiger partial charge < -0.3 is 49.9 Å². The van der Waals surface area contributed by atoms with E-state index in [0.717, 1.165) is 30.9 Å². The van der Waals surface area contributed by atoms with Gasteiger partial charge in [-0.25, -0.2) is 19.6 Å². The Morgan fingerprint density at radius 1 is 1.08 bits per heavy atom. The molecular weight excluding hydrogens is 862 g/mol. The van der Waals surface area contributed by atoms with Crippen LogP contribution in [0.2, 0.25) is 5.02 Å². The average molecular weight is 925 g/mol. The van der Waals surface area contributed by atoms with E-state index in [1.165, 1.54) is 23.3 Å². The zero-order valence-electron chi connectivity index (χ0n) is 38.0. The molecule has 9 atom stereocenters. The van der Waals surface area contributed by atoms with Crippen LogP contribution < -0.4 is 30.7 Å². The van der Waals surface area contributed by atoms with Crippen LogP contribution in [0.4, 0.5) is 9.93 Å². The van der Waals surface area contributed by atoms with Crippen LogP contribution in [0.15, 0.2) is 23.6 Å². The highest BCUT2D eigenvalue weighted by atomic mass is 35.5. The largest absolute Gasteiger partial charge is 0.490 e. The maximum Gasteiger partial charge on any atom is 0.408 e. The normalized spacial score (nSPS) is 28.9. The van der Waals surface area contributed by atoms with E-state index in [-0.39, 0.29) is 47.5 Å². The number of hydrogen-bond acceptors (Lipinski definition) is 14. The first-order chi connectivity index (χ1) is 30.4. The van der Waals surface area contributed by atoms with Crippen molar-refractivity contribution in [1.29, 1.82) is 0 Å². The molecule has 3 aromatic rings. The molecule has 0 radical (unpaired) electrons. The molecule has 16 nitrogen and oxygen atoms in total. The van der Waals surface area contributed by atoms with Gasteiger partial charge in [0.2, 0.25) is 11.8 Å². The van der Waals surface area contributed by atoms with Gasteiger partial charge in [0.25, 0.3) is 0 Å². The summed E-state index contributed by atoms with van der Waals surface area (Å²) in [6, 6.07) is 3.44. The van der Waals surface area contributed by atoms with Gasteiger partial charge in [-0.15, -0.1) is 11.3 Å². The summed E-state index contributed by atoms with van der Waals surface area (Å²) in [7, 11) is 1.30. The number of carbonyl (C=O) groups is 4. The van der Waals surface area contributed by atoms with Crippen molar-refractivity contribution in [3.8, 4) is 22.9 Å². The average Bonchev–Trinajstić information content (AvgIpc) is 3.83. The molecule has 18 heteroatoms. The molecule has 8 rings (SSSR count). The molecule has 3 aliphatic carbocycles. The number of benzene rings is 1. The predicted octanol–water partition coefficient (Wildman–Crippen LogP) is 6.33. The number of anilines is 1. The Morgan fingerprint density at radius 2 is 1.88 bits per heavy atom. The number of alkyl carbamates (subject to hydrolysis) is 1. The predicted molar refractivity (Wildman–Crippen MR) is 243 cm³/mol. The standard InChI is InChI=1S/C46H62ClN7O9S/c1-9-25-18-46(25,41(57)59-8)53-39(55)33-15-29(20-54(33)40(56)38(44(4,5)6)52-43(58)63-28-14-26-17-45(26,7)19-28)62-35-16-31(32-23-64-42(51-32)49-24(2)3)50-37-30(35)10-11-34(36(37)47)61-22-27-21-60-13-12-48-27/h10-11,16,23-29,33,38,48H,9,12-15,17-22H2,1-8H3,(H,49,51)(H,52,58)(H,53,55)/t25-,26-,27+,28-,29-,33+,38-,45?,46-/m1/s1. The molecule has 3 saturated carbocycles. The first-order valence-electron chi connectivity index (χ1n) is 22.6. The molecule has 5 aliphatic rings. The third-order valence-electron chi connectivity index (χ3n) is 13.5. The summed E-state index contributed by atoms with van der Waals surface area (Å²) in [6.45, 7) is 16.0. The lowest BCUT2D eigenvalue weighted by molar-refractivity contribution is -0.148. The number of fused-ring (bicyclic) bond motifs is 2. The fourth-order valence-corrected chi connectivity index (χ4v) is 10.9. The van der Waals surface area contributed by atoms with Gasteiger partial charge in [0, 0.05) is 35.8 Å². The number of halogens is 1. The fraction of sp³-hybridized carbons (Fsp3) is 0.652. The van der Waals surface area contributed by atoms with Gasteiger partial charge in [-0.05, 0) is 74.3 Å². The minimum Gasteiger partial charge on any atom is -0.490 e. The first kappa shape index (κ1) is 46.1. The quantitative estimate of drug-likeness (QED) is 0.124. The number of nitrogens with one attached hydrogen (secondary N) is 4. The molecule has 0 bridgehead atoms. The third kappa shape index (κ3) is 9.59. The van der Waals surface area contributed by atoms with Gasteiger partial charge in [0.1, 0.15) is 58.7 Å². The van der Waals surface area contributed by atoms with Crippen molar-refractivity contribution < 1.29 is 42.9 Å². The summed E-state index contributed by atoms with van der Waals surface area (Å²) in [4.78, 5) is 67.3. The van der Waals surface area contributed by atoms with Crippen LogP contribution in [-0.2, 0) is 28.6 Å². The molecule has 348 valence electrons. The summed E-state index contributed by atoms with van der Waals surface area (Å²) in [5.74, 6) is -0.211. The maximum atomic E-state index is 14.9. The number of rotatable bonds is 15. The number of carbonyl (C=O) groups excluding carboxylic acids is 4. The van der Waals surface area contributed by atoms with Crippen LogP contribution in [0.1, 0.15) is 87.0 Å². The van der Waals surface area contributed by atoms with Crippen LogP contribution >= 0.6 is 22.9 Å². The molecule has 3 amide bonds. The second-order valence-electron chi connectivity index (χ2n) is 19.9. The molecule has 1 unspecified atom stereocenters. The Kier molecular flexibility index (Phi) is 13.0. The Morgan fingerprint density at radius 3 is 2.53 bits per heavy atom. The summed E-state index contributed by atoms with van der Waals surface area (Å²) in [5, 5.41) is 16.1. The van der Waals surface area contributed by atoms with Crippen LogP contribution in [0.5, 0.6) is 11.5 Å². The summed E-state index contributed by atoms with van der Waals surface area (Å²) in [5.41, 5.74) is -0.227. The number of thiazole rings is 1. The van der Waals surface area contributed by atoms with Gasteiger partial charge in [-0.3, -0.25) is 9.59 Å². The second-order valence-corrected chi connectivity index (χ2v) is 21.1. The van der Waals surface area contributed by atoms with E-state index < -0.39 is 53.0 Å². The number of esters is 1. The molecule has 4 heterocycles. The lowest BCUT2D eigenvalue weighted by Gasteiger charge is -2.35. The van der Waals surface area contributed by atoms with Crippen molar-refractivity contribution in [2.75, 3.05) is 45.3 Å². The van der Waals surface area contributed by atoms with E-state index in [9.17, 15) is 19.2 Å². The van der Waals surface area contributed by atoms with Crippen molar-refractivity contribution in [1.82, 2.24) is 30.8 Å². The van der Waals surface area contributed by atoms with Gasteiger partial charge in [-0.2, -0.15) is 0 Å². The minimum atomic E-state index is -1.19. The van der Waals surface area contributed by atoms with Crippen molar-refractivity contribution in [3.05, 3.63) is 28.6 Å². The van der Waals surface area contributed by atoms with Crippen LogP contribution in [0, 0.1) is 22.7 Å². The second kappa shape index (κ2) is 18.1. The molecule has 4 N–H and O–H groups in total. The molecule has 1 aromatic carbocycles. The zero-order valence-corrected chi connectivity index (χ0v) is 39.6. The van der Waals surface area contributed by atoms with E-state index >= 15 is 0 Å². The van der Waals surface area contributed by atoms with Gasteiger partial charge >= 0.3 is 12.1 Å². The number of amides is 3. The molecule has 2 aliphatic heterocycles. The van der Waals surface area contributed by atoms with Crippen molar-refractivity contribution in [2.24, 2.45) is 22.7 Å².